The van der Waals surface area contributed by atoms with Crippen LogP contribution in [0.25, 0.3) is 0 Å². The minimum Gasteiger partial charge on any atom is -0.494 e. The summed E-state index contributed by atoms with van der Waals surface area (Å²) < 4.78 is 19.8. The van der Waals surface area contributed by atoms with Gasteiger partial charge in [-0.2, -0.15) is 0 Å². The molecule has 2 aromatic rings. The van der Waals surface area contributed by atoms with Gasteiger partial charge in [-0.1, -0.05) is 41.1 Å². The standard InChI is InChI=1S/C17H19BrFNO/c1-3-20-16(13-5-7-14(18)8-6-13)11-12-4-9-17(21-2)15(19)10-12/h4-10,16,20H,3,11H2,1-2H3. The Kier molecular flexibility index (Phi) is 5.76. The molecular weight excluding hydrogens is 333 g/mol. The van der Waals surface area contributed by atoms with E-state index in [1.807, 2.05) is 18.2 Å². The minimum atomic E-state index is -0.318. The third-order valence-electron chi connectivity index (χ3n) is 3.38. The molecular formula is C17H19BrFNO. The van der Waals surface area contributed by atoms with E-state index in [-0.39, 0.29) is 17.6 Å². The van der Waals surface area contributed by atoms with Gasteiger partial charge in [-0.25, -0.2) is 4.39 Å². The maximum atomic E-state index is 13.8. The summed E-state index contributed by atoms with van der Waals surface area (Å²) in [5, 5.41) is 3.45. The molecule has 1 N–H and O–H groups in total. The average molecular weight is 352 g/mol. The Bertz CT molecular complexity index is 586. The molecule has 0 spiro atoms. The number of nitrogens with one attached hydrogen (secondary N) is 1. The number of halogens is 2. The first kappa shape index (κ1) is 16.0. The van der Waals surface area contributed by atoms with Gasteiger partial charge in [0.05, 0.1) is 7.11 Å². The van der Waals surface area contributed by atoms with E-state index in [1.54, 1.807) is 12.1 Å². The summed E-state index contributed by atoms with van der Waals surface area (Å²) >= 11 is 3.44. The van der Waals surface area contributed by atoms with Crippen LogP contribution in [0.15, 0.2) is 46.9 Å². The molecule has 1 atom stereocenters. The van der Waals surface area contributed by atoms with Gasteiger partial charge in [-0.05, 0) is 48.4 Å². The Morgan fingerprint density at radius 1 is 1.19 bits per heavy atom. The van der Waals surface area contributed by atoms with E-state index in [9.17, 15) is 4.39 Å². The first-order chi connectivity index (χ1) is 10.1. The molecule has 2 aromatic carbocycles. The molecule has 0 heterocycles. The van der Waals surface area contributed by atoms with E-state index < -0.39 is 0 Å². The first-order valence-electron chi connectivity index (χ1n) is 6.95. The molecule has 4 heteroatoms. The fraction of sp³-hybridized carbons (Fsp3) is 0.294. The van der Waals surface area contributed by atoms with Gasteiger partial charge in [-0.15, -0.1) is 0 Å². The molecule has 0 bridgehead atoms. The van der Waals surface area contributed by atoms with Gasteiger partial charge in [0.25, 0.3) is 0 Å². The van der Waals surface area contributed by atoms with Crippen molar-refractivity contribution in [1.29, 1.82) is 0 Å². The van der Waals surface area contributed by atoms with Crippen LogP contribution < -0.4 is 10.1 Å². The predicted molar refractivity (Wildman–Crippen MR) is 87.2 cm³/mol. The average Bonchev–Trinajstić information content (AvgIpc) is 2.48. The molecule has 0 saturated carbocycles. The zero-order chi connectivity index (χ0) is 15.2. The lowest BCUT2D eigenvalue weighted by Crippen LogP contribution is -2.23. The minimum absolute atomic E-state index is 0.163. The van der Waals surface area contributed by atoms with Gasteiger partial charge in [-0.3, -0.25) is 0 Å². The van der Waals surface area contributed by atoms with E-state index in [4.69, 9.17) is 4.74 Å². The molecule has 0 amide bonds. The van der Waals surface area contributed by atoms with Gasteiger partial charge in [0, 0.05) is 10.5 Å². The van der Waals surface area contributed by atoms with Crippen molar-refractivity contribution in [3.63, 3.8) is 0 Å². The number of hydrogen-bond acceptors (Lipinski definition) is 2. The molecule has 0 aliphatic rings. The van der Waals surface area contributed by atoms with Crippen molar-refractivity contribution in [3.8, 4) is 5.75 Å². The highest BCUT2D eigenvalue weighted by Crippen LogP contribution is 2.24. The Morgan fingerprint density at radius 3 is 2.48 bits per heavy atom. The Hall–Kier alpha value is -1.39. The lowest BCUT2D eigenvalue weighted by Gasteiger charge is -2.19. The molecule has 112 valence electrons. The second kappa shape index (κ2) is 7.57. The molecule has 2 rings (SSSR count). The number of rotatable bonds is 6. The SMILES string of the molecule is CCNC(Cc1ccc(OC)c(F)c1)c1ccc(Br)cc1. The molecule has 0 fully saturated rings. The summed E-state index contributed by atoms with van der Waals surface area (Å²) in [6.45, 7) is 2.93. The predicted octanol–water partition coefficient (Wildman–Crippen LogP) is 4.49. The summed E-state index contributed by atoms with van der Waals surface area (Å²) in [6, 6.07) is 13.5. The normalized spacial score (nSPS) is 12.2. The van der Waals surface area contributed by atoms with Crippen LogP contribution in [-0.2, 0) is 6.42 Å². The highest BCUT2D eigenvalue weighted by atomic mass is 79.9. The maximum absolute atomic E-state index is 13.8. The third kappa shape index (κ3) is 4.29. The first-order valence-corrected chi connectivity index (χ1v) is 7.74. The van der Waals surface area contributed by atoms with Gasteiger partial charge >= 0.3 is 0 Å². The summed E-state index contributed by atoms with van der Waals surface area (Å²) in [5.74, 6) is -0.0385. The lowest BCUT2D eigenvalue weighted by atomic mass is 9.98. The van der Waals surface area contributed by atoms with E-state index in [1.165, 1.54) is 12.7 Å². The lowest BCUT2D eigenvalue weighted by molar-refractivity contribution is 0.386. The monoisotopic (exact) mass is 351 g/mol. The molecule has 2 nitrogen and oxygen atoms in total. The summed E-state index contributed by atoms with van der Waals surface area (Å²) in [7, 11) is 1.47. The topological polar surface area (TPSA) is 21.3 Å². The Labute approximate surface area is 133 Å². The van der Waals surface area contributed by atoms with Crippen molar-refractivity contribution in [2.75, 3.05) is 13.7 Å². The Balaban J connectivity index is 2.19. The second-order valence-electron chi connectivity index (χ2n) is 4.83. The van der Waals surface area contributed by atoms with Crippen molar-refractivity contribution in [2.24, 2.45) is 0 Å². The number of methoxy groups -OCH3 is 1. The van der Waals surface area contributed by atoms with Crippen LogP contribution in [0.1, 0.15) is 24.1 Å². The van der Waals surface area contributed by atoms with Gasteiger partial charge in [0.2, 0.25) is 0 Å². The second-order valence-corrected chi connectivity index (χ2v) is 5.75. The molecule has 21 heavy (non-hydrogen) atoms. The van der Waals surface area contributed by atoms with E-state index in [2.05, 4.69) is 40.3 Å². The zero-order valence-electron chi connectivity index (χ0n) is 12.2. The fourth-order valence-corrected chi connectivity index (χ4v) is 2.59. The quantitative estimate of drug-likeness (QED) is 0.827. The van der Waals surface area contributed by atoms with Crippen molar-refractivity contribution in [1.82, 2.24) is 5.32 Å². The van der Waals surface area contributed by atoms with Crippen LogP contribution in [0.4, 0.5) is 4.39 Å². The van der Waals surface area contributed by atoms with Crippen molar-refractivity contribution >= 4 is 15.9 Å². The number of ether oxygens (including phenoxy) is 1. The zero-order valence-corrected chi connectivity index (χ0v) is 13.8. The summed E-state index contributed by atoms with van der Waals surface area (Å²) in [4.78, 5) is 0. The maximum Gasteiger partial charge on any atom is 0.165 e. The molecule has 0 aliphatic heterocycles. The van der Waals surface area contributed by atoms with Crippen molar-refractivity contribution in [3.05, 3.63) is 63.9 Å². The molecule has 0 aliphatic carbocycles. The van der Waals surface area contributed by atoms with Crippen LogP contribution in [0.5, 0.6) is 5.75 Å². The van der Waals surface area contributed by atoms with Crippen molar-refractivity contribution < 1.29 is 9.13 Å². The summed E-state index contributed by atoms with van der Waals surface area (Å²) in [5.41, 5.74) is 2.14. The highest BCUT2D eigenvalue weighted by Gasteiger charge is 2.12. The number of benzene rings is 2. The Morgan fingerprint density at radius 2 is 1.90 bits per heavy atom. The molecule has 0 aromatic heterocycles. The summed E-state index contributed by atoms with van der Waals surface area (Å²) in [6.07, 6.45) is 0.733. The van der Waals surface area contributed by atoms with Gasteiger partial charge < -0.3 is 10.1 Å². The van der Waals surface area contributed by atoms with Crippen LogP contribution in [0, 0.1) is 5.82 Å². The van der Waals surface area contributed by atoms with E-state index >= 15 is 0 Å². The molecule has 1 unspecified atom stereocenters. The highest BCUT2D eigenvalue weighted by molar-refractivity contribution is 9.10. The number of hydrogen-bond donors (Lipinski definition) is 1. The smallest absolute Gasteiger partial charge is 0.165 e. The number of likely N-dealkylation sites (N-methyl/N-ethyl adjacent to an activating group) is 1. The molecule has 0 radical (unpaired) electrons. The van der Waals surface area contributed by atoms with E-state index in [0.29, 0.717) is 0 Å². The van der Waals surface area contributed by atoms with Crippen molar-refractivity contribution in [2.45, 2.75) is 19.4 Å². The third-order valence-corrected chi connectivity index (χ3v) is 3.91. The fourth-order valence-electron chi connectivity index (χ4n) is 2.32. The van der Waals surface area contributed by atoms with Gasteiger partial charge in [0.1, 0.15) is 0 Å². The van der Waals surface area contributed by atoms with Crippen LogP contribution in [0.3, 0.4) is 0 Å². The van der Waals surface area contributed by atoms with Crippen LogP contribution >= 0.6 is 15.9 Å². The largest absolute Gasteiger partial charge is 0.494 e. The van der Waals surface area contributed by atoms with Crippen LogP contribution in [0.2, 0.25) is 0 Å². The van der Waals surface area contributed by atoms with E-state index in [0.717, 1.165) is 23.0 Å². The van der Waals surface area contributed by atoms with Gasteiger partial charge in [0.15, 0.2) is 11.6 Å². The van der Waals surface area contributed by atoms with Crippen LogP contribution in [-0.4, -0.2) is 13.7 Å². The molecule has 0 saturated heterocycles.